The van der Waals surface area contributed by atoms with Crippen LogP contribution in [0.15, 0.2) is 24.5 Å². The summed E-state index contributed by atoms with van der Waals surface area (Å²) >= 11 is 0. The van der Waals surface area contributed by atoms with E-state index in [4.69, 9.17) is 0 Å². The number of pyridine rings is 1. The van der Waals surface area contributed by atoms with Crippen LogP contribution < -0.4 is 0 Å². The van der Waals surface area contributed by atoms with Gasteiger partial charge in [0.15, 0.2) is 0 Å². The van der Waals surface area contributed by atoms with Crippen LogP contribution in [0.5, 0.6) is 0 Å². The topological polar surface area (TPSA) is 33.2 Å². The largest absolute Gasteiger partial charge is 0.343 e. The minimum Gasteiger partial charge on any atom is -0.343 e. The molecule has 3 nitrogen and oxygen atoms in total. The van der Waals surface area contributed by atoms with E-state index < -0.39 is 0 Å². The Hall–Kier alpha value is -1.38. The fraction of sp³-hybridized carbons (Fsp3) is 0.455. The maximum atomic E-state index is 11.1. The van der Waals surface area contributed by atoms with Gasteiger partial charge in [0.1, 0.15) is 0 Å². The molecule has 0 N–H and O–H groups in total. The molecular weight excluding hydrogens is 176 g/mol. The Bertz CT molecular complexity index is 285. The predicted molar refractivity (Wildman–Crippen MR) is 55.9 cm³/mol. The van der Waals surface area contributed by atoms with Crippen molar-refractivity contribution in [3.8, 4) is 0 Å². The summed E-state index contributed by atoms with van der Waals surface area (Å²) in [7, 11) is 0. The summed E-state index contributed by atoms with van der Waals surface area (Å²) < 4.78 is 0. The van der Waals surface area contributed by atoms with Crippen LogP contribution in [0.3, 0.4) is 0 Å². The molecule has 0 aliphatic carbocycles. The molecule has 0 saturated heterocycles. The van der Waals surface area contributed by atoms with Gasteiger partial charge in [-0.3, -0.25) is 9.78 Å². The molecule has 0 bridgehead atoms. The van der Waals surface area contributed by atoms with Crippen LogP contribution >= 0.6 is 0 Å². The molecular formula is C11H16N2O. The van der Waals surface area contributed by atoms with Gasteiger partial charge in [-0.05, 0) is 25.0 Å². The zero-order valence-corrected chi connectivity index (χ0v) is 8.73. The van der Waals surface area contributed by atoms with Crippen molar-refractivity contribution in [3.05, 3.63) is 30.1 Å². The molecule has 0 unspecified atom stereocenters. The lowest BCUT2D eigenvalue weighted by molar-refractivity contribution is -0.128. The first-order valence-electron chi connectivity index (χ1n) is 4.88. The highest BCUT2D eigenvalue weighted by Crippen LogP contribution is 1.99. The zero-order chi connectivity index (χ0) is 10.4. The molecule has 14 heavy (non-hydrogen) atoms. The SMILES string of the molecule is CCN(CCc1cccnc1)C(C)=O. The second-order valence-corrected chi connectivity index (χ2v) is 3.21. The number of rotatable bonds is 4. The van der Waals surface area contributed by atoms with Crippen molar-refractivity contribution in [2.75, 3.05) is 13.1 Å². The van der Waals surface area contributed by atoms with Crippen molar-refractivity contribution in [1.29, 1.82) is 0 Å². The molecule has 1 rings (SSSR count). The first kappa shape index (κ1) is 10.7. The smallest absolute Gasteiger partial charge is 0.219 e. The number of amides is 1. The Kier molecular flexibility index (Phi) is 4.11. The molecule has 0 saturated carbocycles. The molecule has 0 radical (unpaired) electrons. The maximum Gasteiger partial charge on any atom is 0.219 e. The molecule has 0 aliphatic rings. The van der Waals surface area contributed by atoms with Crippen molar-refractivity contribution in [2.45, 2.75) is 20.3 Å². The number of hydrogen-bond acceptors (Lipinski definition) is 2. The maximum absolute atomic E-state index is 11.1. The van der Waals surface area contributed by atoms with E-state index in [2.05, 4.69) is 4.98 Å². The van der Waals surface area contributed by atoms with Crippen LogP contribution in [0.2, 0.25) is 0 Å². The molecule has 1 amide bonds. The van der Waals surface area contributed by atoms with Gasteiger partial charge in [0, 0.05) is 32.4 Å². The quantitative estimate of drug-likeness (QED) is 0.724. The number of hydrogen-bond donors (Lipinski definition) is 0. The highest BCUT2D eigenvalue weighted by molar-refractivity contribution is 5.73. The highest BCUT2D eigenvalue weighted by atomic mass is 16.2. The van der Waals surface area contributed by atoms with Crippen LogP contribution in [0, 0.1) is 0 Å². The average molecular weight is 192 g/mol. The second-order valence-electron chi connectivity index (χ2n) is 3.21. The van der Waals surface area contributed by atoms with Crippen molar-refractivity contribution in [3.63, 3.8) is 0 Å². The zero-order valence-electron chi connectivity index (χ0n) is 8.73. The predicted octanol–water partition coefficient (Wildman–Crippen LogP) is 1.49. The van der Waals surface area contributed by atoms with E-state index in [1.165, 1.54) is 5.56 Å². The van der Waals surface area contributed by atoms with E-state index in [0.717, 1.165) is 19.5 Å². The van der Waals surface area contributed by atoms with Crippen LogP contribution in [-0.2, 0) is 11.2 Å². The average Bonchev–Trinajstić information content (AvgIpc) is 2.20. The molecule has 0 aliphatic heterocycles. The van der Waals surface area contributed by atoms with Crippen molar-refractivity contribution < 1.29 is 4.79 Å². The van der Waals surface area contributed by atoms with Gasteiger partial charge in [-0.2, -0.15) is 0 Å². The molecule has 0 atom stereocenters. The standard InChI is InChI=1S/C11H16N2O/c1-3-13(10(2)14)8-6-11-5-4-7-12-9-11/h4-5,7,9H,3,6,8H2,1-2H3. The van der Waals surface area contributed by atoms with Crippen LogP contribution in [0.25, 0.3) is 0 Å². The Morgan fingerprint density at radius 1 is 1.57 bits per heavy atom. The van der Waals surface area contributed by atoms with Crippen LogP contribution in [-0.4, -0.2) is 28.9 Å². The third kappa shape index (κ3) is 3.17. The van der Waals surface area contributed by atoms with E-state index in [1.54, 1.807) is 13.1 Å². The van der Waals surface area contributed by atoms with Crippen LogP contribution in [0.1, 0.15) is 19.4 Å². The molecule has 0 spiro atoms. The van der Waals surface area contributed by atoms with Crippen molar-refractivity contribution in [2.24, 2.45) is 0 Å². The Labute approximate surface area is 84.8 Å². The fourth-order valence-electron chi connectivity index (χ4n) is 1.35. The number of aromatic nitrogens is 1. The van der Waals surface area contributed by atoms with Crippen molar-refractivity contribution in [1.82, 2.24) is 9.88 Å². The van der Waals surface area contributed by atoms with E-state index in [-0.39, 0.29) is 5.91 Å². The number of carbonyl (C=O) groups is 1. The van der Waals surface area contributed by atoms with Crippen molar-refractivity contribution >= 4 is 5.91 Å². The third-order valence-electron chi connectivity index (χ3n) is 2.22. The fourth-order valence-corrected chi connectivity index (χ4v) is 1.35. The van der Waals surface area contributed by atoms with Gasteiger partial charge in [0.25, 0.3) is 0 Å². The van der Waals surface area contributed by atoms with Gasteiger partial charge in [-0.15, -0.1) is 0 Å². The summed E-state index contributed by atoms with van der Waals surface area (Å²) in [5, 5.41) is 0. The summed E-state index contributed by atoms with van der Waals surface area (Å²) in [5.74, 6) is 0.136. The molecule has 0 aromatic carbocycles. The van der Waals surface area contributed by atoms with Gasteiger partial charge in [0.2, 0.25) is 5.91 Å². The van der Waals surface area contributed by atoms with Crippen LogP contribution in [0.4, 0.5) is 0 Å². The third-order valence-corrected chi connectivity index (χ3v) is 2.22. The van der Waals surface area contributed by atoms with Gasteiger partial charge >= 0.3 is 0 Å². The number of nitrogens with zero attached hydrogens (tertiary/aromatic N) is 2. The summed E-state index contributed by atoms with van der Waals surface area (Å²) in [6, 6.07) is 3.94. The van der Waals surface area contributed by atoms with E-state index in [0.29, 0.717) is 0 Å². The first-order chi connectivity index (χ1) is 6.74. The second kappa shape index (κ2) is 5.37. The first-order valence-corrected chi connectivity index (χ1v) is 4.88. The molecule has 1 aromatic heterocycles. The lowest BCUT2D eigenvalue weighted by atomic mass is 10.2. The lowest BCUT2D eigenvalue weighted by Crippen LogP contribution is -2.30. The molecule has 0 fully saturated rings. The summed E-state index contributed by atoms with van der Waals surface area (Å²) in [6.07, 6.45) is 4.47. The van der Waals surface area contributed by atoms with E-state index in [9.17, 15) is 4.79 Å². The summed E-state index contributed by atoms with van der Waals surface area (Å²) in [4.78, 5) is 17.0. The highest BCUT2D eigenvalue weighted by Gasteiger charge is 2.04. The van der Waals surface area contributed by atoms with E-state index in [1.807, 2.05) is 30.2 Å². The molecule has 1 aromatic rings. The molecule has 1 heterocycles. The van der Waals surface area contributed by atoms with Gasteiger partial charge in [-0.1, -0.05) is 6.07 Å². The normalized spacial score (nSPS) is 9.86. The number of carbonyl (C=O) groups excluding carboxylic acids is 1. The molecule has 3 heteroatoms. The summed E-state index contributed by atoms with van der Waals surface area (Å²) in [5.41, 5.74) is 1.17. The monoisotopic (exact) mass is 192 g/mol. The Morgan fingerprint density at radius 2 is 2.36 bits per heavy atom. The summed E-state index contributed by atoms with van der Waals surface area (Å²) in [6.45, 7) is 5.14. The van der Waals surface area contributed by atoms with Gasteiger partial charge in [-0.25, -0.2) is 0 Å². The van der Waals surface area contributed by atoms with Gasteiger partial charge in [0.05, 0.1) is 0 Å². The minimum absolute atomic E-state index is 0.136. The Morgan fingerprint density at radius 3 is 2.86 bits per heavy atom. The lowest BCUT2D eigenvalue weighted by Gasteiger charge is -2.18. The van der Waals surface area contributed by atoms with E-state index >= 15 is 0 Å². The number of likely N-dealkylation sites (N-methyl/N-ethyl adjacent to an activating group) is 1. The Balaban J connectivity index is 2.44. The van der Waals surface area contributed by atoms with Gasteiger partial charge < -0.3 is 4.90 Å². The minimum atomic E-state index is 0.136. The molecule has 76 valence electrons.